The zero-order valence-electron chi connectivity index (χ0n) is 13.4. The first kappa shape index (κ1) is 19.0. The molecule has 0 aliphatic carbocycles. The molecule has 0 N–H and O–H groups in total. The van der Waals surface area contributed by atoms with Gasteiger partial charge in [-0.25, -0.2) is 8.42 Å². The highest BCUT2D eigenvalue weighted by atomic mass is 32.2. The van der Waals surface area contributed by atoms with Gasteiger partial charge in [-0.3, -0.25) is 9.59 Å². The molecule has 0 aromatic heterocycles. The van der Waals surface area contributed by atoms with Crippen molar-refractivity contribution in [2.75, 3.05) is 31.1 Å². The maximum absolute atomic E-state index is 12.6. The average molecular weight is 370 g/mol. The standard InChI is InChI=1S/C14H21F3N2O4S/c1-2-19(11-5-8-24(22,23)9-11)12(20)10-3-6-18(7-4-10)13(21)14(15,16)17/h10-11H,2-9H2,1H3. The number of rotatable bonds is 3. The second kappa shape index (κ2) is 6.89. The monoisotopic (exact) mass is 370 g/mol. The number of likely N-dealkylation sites (tertiary alicyclic amines) is 1. The van der Waals surface area contributed by atoms with E-state index >= 15 is 0 Å². The van der Waals surface area contributed by atoms with Crippen molar-refractivity contribution in [3.05, 3.63) is 0 Å². The second-order valence-electron chi connectivity index (χ2n) is 6.25. The SMILES string of the molecule is CCN(C(=O)C1CCN(C(=O)C(F)(F)F)CC1)C1CCS(=O)(=O)C1. The van der Waals surface area contributed by atoms with E-state index in [9.17, 15) is 31.2 Å². The van der Waals surface area contributed by atoms with Gasteiger partial charge in [-0.2, -0.15) is 13.2 Å². The Hall–Kier alpha value is -1.32. The molecule has 0 aromatic rings. The third-order valence-electron chi connectivity index (χ3n) is 4.65. The van der Waals surface area contributed by atoms with E-state index in [0.29, 0.717) is 13.0 Å². The lowest BCUT2D eigenvalue weighted by Crippen LogP contribution is -2.50. The van der Waals surface area contributed by atoms with E-state index in [1.807, 2.05) is 0 Å². The number of hydrogen-bond donors (Lipinski definition) is 0. The molecular formula is C14H21F3N2O4S. The lowest BCUT2D eigenvalue weighted by atomic mass is 9.94. The summed E-state index contributed by atoms with van der Waals surface area (Å²) in [4.78, 5) is 26.1. The molecule has 1 atom stereocenters. The summed E-state index contributed by atoms with van der Waals surface area (Å²) in [5.41, 5.74) is 0. The lowest BCUT2D eigenvalue weighted by Gasteiger charge is -2.36. The summed E-state index contributed by atoms with van der Waals surface area (Å²) in [5.74, 6) is -2.57. The highest BCUT2D eigenvalue weighted by molar-refractivity contribution is 7.91. The topological polar surface area (TPSA) is 74.8 Å². The molecule has 0 saturated carbocycles. The maximum Gasteiger partial charge on any atom is 0.471 e. The van der Waals surface area contributed by atoms with Gasteiger partial charge >= 0.3 is 12.1 Å². The van der Waals surface area contributed by atoms with E-state index in [4.69, 9.17) is 0 Å². The number of piperidine rings is 1. The summed E-state index contributed by atoms with van der Waals surface area (Å²) >= 11 is 0. The molecule has 0 aromatic carbocycles. The molecule has 0 radical (unpaired) electrons. The minimum atomic E-state index is -4.90. The first-order valence-electron chi connectivity index (χ1n) is 7.92. The summed E-state index contributed by atoms with van der Waals surface area (Å²) < 4.78 is 60.4. The molecule has 2 aliphatic heterocycles. The van der Waals surface area contributed by atoms with E-state index in [2.05, 4.69) is 0 Å². The van der Waals surface area contributed by atoms with E-state index in [0.717, 1.165) is 4.90 Å². The van der Waals surface area contributed by atoms with Crippen molar-refractivity contribution in [3.8, 4) is 0 Å². The van der Waals surface area contributed by atoms with Crippen LogP contribution < -0.4 is 0 Å². The van der Waals surface area contributed by atoms with E-state index in [1.165, 1.54) is 4.90 Å². The number of alkyl halides is 3. The third kappa shape index (κ3) is 4.20. The van der Waals surface area contributed by atoms with Crippen LogP contribution >= 0.6 is 0 Å². The maximum atomic E-state index is 12.6. The number of amides is 2. The van der Waals surface area contributed by atoms with Crippen LogP contribution in [0.4, 0.5) is 13.2 Å². The number of halogens is 3. The third-order valence-corrected chi connectivity index (χ3v) is 6.40. The smallest absolute Gasteiger partial charge is 0.339 e. The summed E-state index contributed by atoms with van der Waals surface area (Å²) in [5, 5.41) is 0. The highest BCUT2D eigenvalue weighted by Crippen LogP contribution is 2.27. The van der Waals surface area contributed by atoms with Crippen LogP contribution in [0.3, 0.4) is 0 Å². The van der Waals surface area contributed by atoms with Gasteiger partial charge in [0, 0.05) is 31.6 Å². The second-order valence-corrected chi connectivity index (χ2v) is 8.47. The molecule has 1 unspecified atom stereocenters. The van der Waals surface area contributed by atoms with Gasteiger partial charge in [-0.15, -0.1) is 0 Å². The van der Waals surface area contributed by atoms with Crippen molar-refractivity contribution in [2.24, 2.45) is 5.92 Å². The molecule has 0 bridgehead atoms. The fourth-order valence-corrected chi connectivity index (χ4v) is 5.09. The van der Waals surface area contributed by atoms with Gasteiger partial charge in [0.1, 0.15) is 0 Å². The van der Waals surface area contributed by atoms with Crippen molar-refractivity contribution in [1.82, 2.24) is 9.80 Å². The molecule has 24 heavy (non-hydrogen) atoms. The average Bonchev–Trinajstić information content (AvgIpc) is 2.86. The Bertz CT molecular complexity index is 598. The Morgan fingerprint density at radius 3 is 2.17 bits per heavy atom. The largest absolute Gasteiger partial charge is 0.471 e. The van der Waals surface area contributed by atoms with Gasteiger partial charge < -0.3 is 9.80 Å². The number of hydrogen-bond acceptors (Lipinski definition) is 4. The lowest BCUT2D eigenvalue weighted by molar-refractivity contribution is -0.187. The number of sulfone groups is 1. The highest BCUT2D eigenvalue weighted by Gasteiger charge is 2.44. The number of nitrogens with zero attached hydrogens (tertiary/aromatic N) is 2. The predicted octanol–water partition coefficient (Wildman–Crippen LogP) is 0.823. The van der Waals surface area contributed by atoms with Gasteiger partial charge in [0.25, 0.3) is 0 Å². The van der Waals surface area contributed by atoms with Gasteiger partial charge in [0.15, 0.2) is 9.84 Å². The van der Waals surface area contributed by atoms with Crippen molar-refractivity contribution in [2.45, 2.75) is 38.4 Å². The van der Waals surface area contributed by atoms with Crippen molar-refractivity contribution in [1.29, 1.82) is 0 Å². The molecule has 2 heterocycles. The summed E-state index contributed by atoms with van der Waals surface area (Å²) in [6.45, 7) is 1.89. The van der Waals surface area contributed by atoms with Crippen LogP contribution in [-0.2, 0) is 19.4 Å². The molecular weight excluding hydrogens is 349 g/mol. The molecule has 2 fully saturated rings. The fourth-order valence-electron chi connectivity index (χ4n) is 3.36. The van der Waals surface area contributed by atoms with Gasteiger partial charge in [-0.1, -0.05) is 0 Å². The number of carbonyl (C=O) groups is 2. The van der Waals surface area contributed by atoms with Crippen LogP contribution in [0.25, 0.3) is 0 Å². The Kier molecular flexibility index (Phi) is 5.46. The van der Waals surface area contributed by atoms with E-state index < -0.39 is 27.8 Å². The molecule has 2 amide bonds. The van der Waals surface area contributed by atoms with Crippen LogP contribution in [0.1, 0.15) is 26.2 Å². The normalized spacial score (nSPS) is 24.8. The molecule has 138 valence electrons. The summed E-state index contributed by atoms with van der Waals surface area (Å²) in [7, 11) is -3.12. The minimum absolute atomic E-state index is 0.0555. The molecule has 6 nitrogen and oxygen atoms in total. The van der Waals surface area contributed by atoms with Crippen molar-refractivity contribution in [3.63, 3.8) is 0 Å². The Morgan fingerprint density at radius 1 is 1.17 bits per heavy atom. The Balaban J connectivity index is 1.95. The summed E-state index contributed by atoms with van der Waals surface area (Å²) in [6, 6.07) is -0.359. The predicted molar refractivity (Wildman–Crippen MR) is 79.8 cm³/mol. The quantitative estimate of drug-likeness (QED) is 0.737. The van der Waals surface area contributed by atoms with Crippen LogP contribution in [0, 0.1) is 5.92 Å². The Labute approximate surface area is 138 Å². The van der Waals surface area contributed by atoms with Crippen LogP contribution in [-0.4, -0.2) is 73.4 Å². The zero-order chi connectivity index (χ0) is 18.1. The number of carbonyl (C=O) groups excluding carboxylic acids is 2. The molecule has 2 rings (SSSR count). The Morgan fingerprint density at radius 2 is 1.75 bits per heavy atom. The summed E-state index contributed by atoms with van der Waals surface area (Å²) in [6.07, 6.45) is -4.18. The van der Waals surface area contributed by atoms with E-state index in [1.54, 1.807) is 6.92 Å². The zero-order valence-corrected chi connectivity index (χ0v) is 14.2. The van der Waals surface area contributed by atoms with Gasteiger partial charge in [0.05, 0.1) is 11.5 Å². The first-order chi connectivity index (χ1) is 11.0. The van der Waals surface area contributed by atoms with E-state index in [-0.39, 0.29) is 49.4 Å². The molecule has 2 aliphatic rings. The minimum Gasteiger partial charge on any atom is -0.339 e. The van der Waals surface area contributed by atoms with Crippen LogP contribution in [0.2, 0.25) is 0 Å². The molecule has 0 spiro atoms. The fraction of sp³-hybridized carbons (Fsp3) is 0.857. The first-order valence-corrected chi connectivity index (χ1v) is 9.74. The molecule has 10 heteroatoms. The van der Waals surface area contributed by atoms with Crippen LogP contribution in [0.15, 0.2) is 0 Å². The molecule has 2 saturated heterocycles. The van der Waals surface area contributed by atoms with Crippen molar-refractivity contribution < 1.29 is 31.2 Å². The van der Waals surface area contributed by atoms with Gasteiger partial charge in [0.2, 0.25) is 5.91 Å². The van der Waals surface area contributed by atoms with Gasteiger partial charge in [-0.05, 0) is 26.2 Å². The van der Waals surface area contributed by atoms with Crippen LogP contribution in [0.5, 0.6) is 0 Å². The van der Waals surface area contributed by atoms with Crippen molar-refractivity contribution >= 4 is 21.7 Å².